The lowest BCUT2D eigenvalue weighted by Crippen LogP contribution is -2.47. The molecule has 0 saturated heterocycles. The van der Waals surface area contributed by atoms with Crippen LogP contribution in [-0.4, -0.2) is 11.1 Å². The fraction of sp³-hybridized carbons (Fsp3) is 0.333. The maximum absolute atomic E-state index is 10.8. The van der Waals surface area contributed by atoms with Gasteiger partial charge in [-0.15, -0.1) is 0 Å². The highest BCUT2D eigenvalue weighted by Crippen LogP contribution is 2.36. The standard InChI is InChI=1S/C18H21NO/c19-17-8-4-5-13-18(17,20)16-11-9-15(10-12-16)14-6-2-1-3-7-14/h1-3,6-7,9-12,17,20H,4-5,8,13,19H2/t17-,18-/m0/s1. The molecule has 3 N–H and O–H groups in total. The van der Waals surface area contributed by atoms with E-state index in [2.05, 4.69) is 24.3 Å². The first-order valence-electron chi connectivity index (χ1n) is 7.34. The van der Waals surface area contributed by atoms with Crippen LogP contribution in [0.1, 0.15) is 31.2 Å². The Balaban J connectivity index is 1.90. The van der Waals surface area contributed by atoms with E-state index >= 15 is 0 Å². The summed E-state index contributed by atoms with van der Waals surface area (Å²) >= 11 is 0. The number of hydrogen-bond donors (Lipinski definition) is 2. The molecule has 0 radical (unpaired) electrons. The molecule has 1 fully saturated rings. The lowest BCUT2D eigenvalue weighted by atomic mass is 9.76. The summed E-state index contributed by atoms with van der Waals surface area (Å²) in [6.45, 7) is 0. The Morgan fingerprint density at radius 1 is 0.900 bits per heavy atom. The Morgan fingerprint density at radius 3 is 2.20 bits per heavy atom. The molecule has 0 heterocycles. The fourth-order valence-electron chi connectivity index (χ4n) is 3.12. The molecule has 0 spiro atoms. The van der Waals surface area contributed by atoms with Crippen molar-refractivity contribution in [2.75, 3.05) is 0 Å². The van der Waals surface area contributed by atoms with Crippen LogP contribution < -0.4 is 5.73 Å². The van der Waals surface area contributed by atoms with Crippen molar-refractivity contribution in [1.29, 1.82) is 0 Å². The van der Waals surface area contributed by atoms with Gasteiger partial charge < -0.3 is 10.8 Å². The quantitative estimate of drug-likeness (QED) is 0.875. The van der Waals surface area contributed by atoms with Crippen molar-refractivity contribution in [3.63, 3.8) is 0 Å². The molecular weight excluding hydrogens is 246 g/mol. The van der Waals surface area contributed by atoms with Gasteiger partial charge in [0.15, 0.2) is 0 Å². The first-order chi connectivity index (χ1) is 9.70. The van der Waals surface area contributed by atoms with Crippen molar-refractivity contribution in [3.05, 3.63) is 60.2 Å². The molecule has 0 amide bonds. The summed E-state index contributed by atoms with van der Waals surface area (Å²) in [6.07, 6.45) is 3.83. The molecule has 3 rings (SSSR count). The second-order valence-corrected chi connectivity index (χ2v) is 5.72. The van der Waals surface area contributed by atoms with Crippen molar-refractivity contribution in [2.24, 2.45) is 5.73 Å². The lowest BCUT2D eigenvalue weighted by Gasteiger charge is -2.38. The number of nitrogens with two attached hydrogens (primary N) is 1. The highest BCUT2D eigenvalue weighted by atomic mass is 16.3. The highest BCUT2D eigenvalue weighted by molar-refractivity contribution is 5.63. The minimum Gasteiger partial charge on any atom is -0.384 e. The highest BCUT2D eigenvalue weighted by Gasteiger charge is 2.38. The Labute approximate surface area is 120 Å². The Morgan fingerprint density at radius 2 is 1.55 bits per heavy atom. The van der Waals surface area contributed by atoms with Crippen molar-refractivity contribution < 1.29 is 5.11 Å². The second kappa shape index (κ2) is 5.39. The van der Waals surface area contributed by atoms with E-state index in [1.165, 1.54) is 11.1 Å². The van der Waals surface area contributed by atoms with E-state index < -0.39 is 5.60 Å². The Hall–Kier alpha value is -1.64. The van der Waals surface area contributed by atoms with Crippen LogP contribution in [0, 0.1) is 0 Å². The van der Waals surface area contributed by atoms with Crippen LogP contribution in [0.25, 0.3) is 11.1 Å². The molecule has 2 nitrogen and oxygen atoms in total. The normalized spacial score (nSPS) is 26.4. The molecular formula is C18H21NO. The number of aliphatic hydroxyl groups is 1. The van der Waals surface area contributed by atoms with Gasteiger partial charge in [0.05, 0.1) is 0 Å². The van der Waals surface area contributed by atoms with Crippen molar-refractivity contribution >= 4 is 0 Å². The van der Waals surface area contributed by atoms with Crippen molar-refractivity contribution in [3.8, 4) is 11.1 Å². The van der Waals surface area contributed by atoms with Crippen LogP contribution in [-0.2, 0) is 5.60 Å². The topological polar surface area (TPSA) is 46.2 Å². The number of hydrogen-bond acceptors (Lipinski definition) is 2. The van der Waals surface area contributed by atoms with E-state index in [1.54, 1.807) is 0 Å². The van der Waals surface area contributed by atoms with Crippen molar-refractivity contribution in [1.82, 2.24) is 0 Å². The van der Waals surface area contributed by atoms with E-state index in [4.69, 9.17) is 5.73 Å². The van der Waals surface area contributed by atoms with E-state index in [0.717, 1.165) is 31.2 Å². The Kier molecular flexibility index (Phi) is 3.60. The molecule has 2 aromatic carbocycles. The SMILES string of the molecule is N[C@H]1CCCC[C@]1(O)c1ccc(-c2ccccc2)cc1. The molecule has 2 aromatic rings. The zero-order chi connectivity index (χ0) is 14.0. The maximum atomic E-state index is 10.8. The molecule has 0 bridgehead atoms. The van der Waals surface area contributed by atoms with E-state index in [0.29, 0.717) is 0 Å². The maximum Gasteiger partial charge on any atom is 0.105 e. The smallest absolute Gasteiger partial charge is 0.105 e. The predicted molar refractivity (Wildman–Crippen MR) is 82.2 cm³/mol. The molecule has 2 heteroatoms. The molecule has 0 unspecified atom stereocenters. The zero-order valence-corrected chi connectivity index (χ0v) is 11.6. The molecule has 104 valence electrons. The summed E-state index contributed by atoms with van der Waals surface area (Å²) in [4.78, 5) is 0. The number of benzene rings is 2. The van der Waals surface area contributed by atoms with Gasteiger partial charge in [-0.25, -0.2) is 0 Å². The second-order valence-electron chi connectivity index (χ2n) is 5.72. The van der Waals surface area contributed by atoms with E-state index in [-0.39, 0.29) is 6.04 Å². The van der Waals surface area contributed by atoms with Crippen molar-refractivity contribution in [2.45, 2.75) is 37.3 Å². The molecule has 2 atom stereocenters. The van der Waals surface area contributed by atoms with Crippen LogP contribution in [0.2, 0.25) is 0 Å². The third kappa shape index (κ3) is 2.37. The van der Waals surface area contributed by atoms with Gasteiger partial charge in [0.1, 0.15) is 5.60 Å². The van der Waals surface area contributed by atoms with Crippen LogP contribution in [0.5, 0.6) is 0 Å². The first kappa shape index (κ1) is 13.3. The molecule has 0 aromatic heterocycles. The largest absolute Gasteiger partial charge is 0.384 e. The van der Waals surface area contributed by atoms with Gasteiger partial charge in [-0.3, -0.25) is 0 Å². The minimum atomic E-state index is -0.854. The summed E-state index contributed by atoms with van der Waals surface area (Å²) < 4.78 is 0. The summed E-state index contributed by atoms with van der Waals surface area (Å²) in [6, 6.07) is 18.3. The van der Waals surface area contributed by atoms with Gasteiger partial charge in [0, 0.05) is 6.04 Å². The average Bonchev–Trinajstić information content (AvgIpc) is 2.51. The van der Waals surface area contributed by atoms with Crippen LogP contribution in [0.4, 0.5) is 0 Å². The molecule has 1 aliphatic rings. The number of rotatable bonds is 2. The van der Waals surface area contributed by atoms with Crippen LogP contribution in [0.3, 0.4) is 0 Å². The van der Waals surface area contributed by atoms with Gasteiger partial charge in [-0.1, -0.05) is 67.4 Å². The summed E-state index contributed by atoms with van der Waals surface area (Å²) in [5.74, 6) is 0. The van der Waals surface area contributed by atoms with Gasteiger partial charge >= 0.3 is 0 Å². The first-order valence-corrected chi connectivity index (χ1v) is 7.34. The summed E-state index contributed by atoms with van der Waals surface area (Å²) in [5, 5.41) is 10.8. The van der Waals surface area contributed by atoms with Gasteiger partial charge in [-0.05, 0) is 29.5 Å². The minimum absolute atomic E-state index is 0.154. The predicted octanol–water partition coefficient (Wildman–Crippen LogP) is 3.44. The average molecular weight is 267 g/mol. The summed E-state index contributed by atoms with van der Waals surface area (Å²) in [7, 11) is 0. The van der Waals surface area contributed by atoms with Crippen LogP contribution >= 0.6 is 0 Å². The molecule has 0 aliphatic heterocycles. The van der Waals surface area contributed by atoms with E-state index in [1.807, 2.05) is 30.3 Å². The monoisotopic (exact) mass is 267 g/mol. The van der Waals surface area contributed by atoms with Gasteiger partial charge in [0.25, 0.3) is 0 Å². The van der Waals surface area contributed by atoms with Crippen LogP contribution in [0.15, 0.2) is 54.6 Å². The fourth-order valence-corrected chi connectivity index (χ4v) is 3.12. The van der Waals surface area contributed by atoms with E-state index in [9.17, 15) is 5.11 Å². The lowest BCUT2D eigenvalue weighted by molar-refractivity contribution is -0.0193. The third-order valence-corrected chi connectivity index (χ3v) is 4.43. The Bertz CT molecular complexity index is 564. The zero-order valence-electron chi connectivity index (χ0n) is 11.6. The molecule has 1 aliphatic carbocycles. The third-order valence-electron chi connectivity index (χ3n) is 4.43. The molecule has 1 saturated carbocycles. The van der Waals surface area contributed by atoms with Gasteiger partial charge in [-0.2, -0.15) is 0 Å². The molecule has 20 heavy (non-hydrogen) atoms. The summed E-state index contributed by atoms with van der Waals surface area (Å²) in [5.41, 5.74) is 8.60. The van der Waals surface area contributed by atoms with Gasteiger partial charge in [0.2, 0.25) is 0 Å².